The summed E-state index contributed by atoms with van der Waals surface area (Å²) in [5.41, 5.74) is 2.16. The van der Waals surface area contributed by atoms with Gasteiger partial charge in [0.2, 0.25) is 0 Å². The van der Waals surface area contributed by atoms with E-state index in [0.29, 0.717) is 16.7 Å². The van der Waals surface area contributed by atoms with Crippen LogP contribution in [0.25, 0.3) is 11.1 Å². The van der Waals surface area contributed by atoms with Crippen LogP contribution in [0.2, 0.25) is 0 Å². The molecule has 0 radical (unpaired) electrons. The van der Waals surface area contributed by atoms with Gasteiger partial charge in [0, 0.05) is 6.07 Å². The summed E-state index contributed by atoms with van der Waals surface area (Å²) in [6.07, 6.45) is 0. The van der Waals surface area contributed by atoms with Crippen LogP contribution in [0.3, 0.4) is 0 Å². The fourth-order valence-electron chi connectivity index (χ4n) is 2.41. The lowest BCUT2D eigenvalue weighted by Crippen LogP contribution is -2.18. The highest BCUT2D eigenvalue weighted by atomic mass is 19.1. The average Bonchev–Trinajstić information content (AvgIpc) is 2.78. The second-order valence-electron chi connectivity index (χ2n) is 4.69. The van der Waals surface area contributed by atoms with Crippen LogP contribution in [0, 0.1) is 11.6 Å². The average molecular weight is 290 g/mol. The molecule has 4 nitrogen and oxygen atoms in total. The maximum atomic E-state index is 13.4. The number of halogens is 2. The Morgan fingerprint density at radius 3 is 2.48 bits per heavy atom. The summed E-state index contributed by atoms with van der Waals surface area (Å²) in [5.74, 6) is -1.82. The van der Waals surface area contributed by atoms with E-state index < -0.39 is 23.4 Å². The third-order valence-electron chi connectivity index (χ3n) is 3.29. The Bertz CT molecular complexity index is 834. The zero-order valence-electron chi connectivity index (χ0n) is 11.1. The predicted molar refractivity (Wildman–Crippen MR) is 74.1 cm³/mol. The summed E-state index contributed by atoms with van der Waals surface area (Å²) >= 11 is 0. The molecule has 1 aromatic heterocycles. The smallest absolute Gasteiger partial charge is 0.408 e. The first-order valence-corrected chi connectivity index (χ1v) is 6.33. The second kappa shape index (κ2) is 5.14. The van der Waals surface area contributed by atoms with E-state index in [2.05, 4.69) is 10.3 Å². The van der Waals surface area contributed by atoms with Gasteiger partial charge < -0.3 is 9.73 Å². The zero-order valence-corrected chi connectivity index (χ0v) is 11.1. The van der Waals surface area contributed by atoms with Gasteiger partial charge in [0.15, 0.2) is 5.58 Å². The minimum Gasteiger partial charge on any atom is -0.408 e. The number of rotatable bonds is 3. The monoisotopic (exact) mass is 290 g/mol. The molecule has 3 rings (SSSR count). The van der Waals surface area contributed by atoms with Crippen LogP contribution >= 0.6 is 0 Å². The number of hydrogen-bond donors (Lipinski definition) is 2. The molecule has 0 spiro atoms. The van der Waals surface area contributed by atoms with Crippen molar-refractivity contribution in [3.63, 3.8) is 0 Å². The van der Waals surface area contributed by atoms with Crippen molar-refractivity contribution in [1.29, 1.82) is 0 Å². The van der Waals surface area contributed by atoms with E-state index in [1.54, 1.807) is 25.2 Å². The van der Waals surface area contributed by atoms with E-state index in [-0.39, 0.29) is 0 Å². The van der Waals surface area contributed by atoms with Crippen molar-refractivity contribution in [3.8, 4) is 0 Å². The zero-order chi connectivity index (χ0) is 15.0. The van der Waals surface area contributed by atoms with Gasteiger partial charge >= 0.3 is 5.76 Å². The number of benzene rings is 2. The molecule has 108 valence electrons. The number of hydrogen-bond acceptors (Lipinski definition) is 3. The van der Waals surface area contributed by atoms with Crippen LogP contribution in [0.4, 0.5) is 8.78 Å². The van der Waals surface area contributed by atoms with Crippen LogP contribution in [-0.2, 0) is 0 Å². The standard InChI is InChI=1S/C15H12F2N2O2/c1-18-14(9-4-10(16)7-11(17)5-9)8-2-3-12-13(6-8)21-15(20)19-12/h2-7,14,18H,1H3,(H,19,20). The molecular weight excluding hydrogens is 278 g/mol. The van der Waals surface area contributed by atoms with Gasteiger partial charge in [-0.2, -0.15) is 0 Å². The van der Waals surface area contributed by atoms with Crippen molar-refractivity contribution in [2.24, 2.45) is 0 Å². The molecule has 3 aromatic rings. The summed E-state index contributed by atoms with van der Waals surface area (Å²) in [5, 5.41) is 3.00. The highest BCUT2D eigenvalue weighted by Crippen LogP contribution is 2.25. The normalized spacial score (nSPS) is 12.7. The molecule has 0 amide bonds. The third kappa shape index (κ3) is 2.57. The molecule has 0 saturated heterocycles. The van der Waals surface area contributed by atoms with Crippen molar-refractivity contribution in [2.75, 3.05) is 7.05 Å². The molecule has 0 aliphatic heterocycles. The first-order chi connectivity index (χ1) is 10.1. The van der Waals surface area contributed by atoms with Crippen LogP contribution < -0.4 is 11.1 Å². The largest absolute Gasteiger partial charge is 0.417 e. The molecule has 0 fully saturated rings. The Hall–Kier alpha value is -2.47. The van der Waals surface area contributed by atoms with Crippen molar-refractivity contribution in [2.45, 2.75) is 6.04 Å². The lowest BCUT2D eigenvalue weighted by molar-refractivity contribution is 0.554. The first kappa shape index (κ1) is 13.5. The van der Waals surface area contributed by atoms with Crippen molar-refractivity contribution in [3.05, 3.63) is 69.7 Å². The summed E-state index contributed by atoms with van der Waals surface area (Å²) < 4.78 is 31.7. The molecular formula is C15H12F2N2O2. The van der Waals surface area contributed by atoms with E-state index in [0.717, 1.165) is 11.6 Å². The molecule has 0 bridgehead atoms. The molecule has 2 N–H and O–H groups in total. The molecule has 2 aromatic carbocycles. The van der Waals surface area contributed by atoms with E-state index >= 15 is 0 Å². The summed E-state index contributed by atoms with van der Waals surface area (Å²) in [6.45, 7) is 0. The summed E-state index contributed by atoms with van der Waals surface area (Å²) in [4.78, 5) is 13.7. The summed E-state index contributed by atoms with van der Waals surface area (Å²) in [6, 6.07) is 8.05. The Labute approximate surface area is 118 Å². The highest BCUT2D eigenvalue weighted by molar-refractivity contribution is 5.73. The van der Waals surface area contributed by atoms with Crippen molar-refractivity contribution < 1.29 is 13.2 Å². The summed E-state index contributed by atoms with van der Waals surface area (Å²) in [7, 11) is 1.69. The van der Waals surface area contributed by atoms with E-state index in [4.69, 9.17) is 4.42 Å². The number of fused-ring (bicyclic) bond motifs is 1. The topological polar surface area (TPSA) is 58.0 Å². The number of oxazole rings is 1. The van der Waals surface area contributed by atoms with Crippen LogP contribution in [0.15, 0.2) is 45.6 Å². The van der Waals surface area contributed by atoms with Gasteiger partial charge in [0.1, 0.15) is 11.6 Å². The molecule has 1 unspecified atom stereocenters. The van der Waals surface area contributed by atoms with Gasteiger partial charge in [-0.15, -0.1) is 0 Å². The number of nitrogens with one attached hydrogen (secondary N) is 2. The fourth-order valence-corrected chi connectivity index (χ4v) is 2.41. The minimum absolute atomic E-state index is 0.398. The lowest BCUT2D eigenvalue weighted by Gasteiger charge is -2.17. The van der Waals surface area contributed by atoms with Crippen molar-refractivity contribution in [1.82, 2.24) is 10.3 Å². The number of aromatic nitrogens is 1. The van der Waals surface area contributed by atoms with E-state index in [1.165, 1.54) is 12.1 Å². The molecule has 6 heteroatoms. The van der Waals surface area contributed by atoms with Crippen LogP contribution in [0.1, 0.15) is 17.2 Å². The second-order valence-corrected chi connectivity index (χ2v) is 4.69. The lowest BCUT2D eigenvalue weighted by atomic mass is 9.98. The third-order valence-corrected chi connectivity index (χ3v) is 3.29. The SMILES string of the molecule is CNC(c1cc(F)cc(F)c1)c1ccc2[nH]c(=O)oc2c1. The van der Waals surface area contributed by atoms with Gasteiger partial charge in [0.25, 0.3) is 0 Å². The molecule has 1 atom stereocenters. The number of aromatic amines is 1. The van der Waals surface area contributed by atoms with Gasteiger partial charge in [-0.05, 0) is 42.4 Å². The Morgan fingerprint density at radius 2 is 1.81 bits per heavy atom. The quantitative estimate of drug-likeness (QED) is 0.779. The maximum Gasteiger partial charge on any atom is 0.417 e. The first-order valence-electron chi connectivity index (χ1n) is 6.33. The molecule has 0 saturated carbocycles. The van der Waals surface area contributed by atoms with Crippen molar-refractivity contribution >= 4 is 11.1 Å². The molecule has 0 aliphatic rings. The number of H-pyrrole nitrogens is 1. The minimum atomic E-state index is -0.639. The molecule has 21 heavy (non-hydrogen) atoms. The molecule has 0 aliphatic carbocycles. The van der Waals surface area contributed by atoms with Crippen LogP contribution in [0.5, 0.6) is 0 Å². The maximum absolute atomic E-state index is 13.4. The van der Waals surface area contributed by atoms with E-state index in [1.807, 2.05) is 0 Å². The Kier molecular flexibility index (Phi) is 3.31. The van der Waals surface area contributed by atoms with E-state index in [9.17, 15) is 13.6 Å². The highest BCUT2D eigenvalue weighted by Gasteiger charge is 2.15. The fraction of sp³-hybridized carbons (Fsp3) is 0.133. The van der Waals surface area contributed by atoms with Gasteiger partial charge in [-0.3, -0.25) is 4.98 Å². The predicted octanol–water partition coefficient (Wildman–Crippen LogP) is 2.71. The molecule has 1 heterocycles. The van der Waals surface area contributed by atoms with Gasteiger partial charge in [-0.25, -0.2) is 13.6 Å². The van der Waals surface area contributed by atoms with Gasteiger partial charge in [0.05, 0.1) is 11.6 Å². The van der Waals surface area contributed by atoms with Crippen LogP contribution in [-0.4, -0.2) is 12.0 Å². The Morgan fingerprint density at radius 1 is 1.10 bits per heavy atom. The Balaban J connectivity index is 2.10. The van der Waals surface area contributed by atoms with Gasteiger partial charge in [-0.1, -0.05) is 6.07 Å².